The largest absolute Gasteiger partial charge is 0.756 e. The van der Waals surface area contributed by atoms with Crippen LogP contribution in [0.25, 0.3) is 0 Å². The van der Waals surface area contributed by atoms with E-state index in [1.807, 2.05) is 18.7 Å². The van der Waals surface area contributed by atoms with E-state index in [2.05, 4.69) is 34.0 Å². The van der Waals surface area contributed by atoms with Gasteiger partial charge in [-0.3, -0.25) is 32.6 Å². The summed E-state index contributed by atoms with van der Waals surface area (Å²) < 4.78 is 79.9. The van der Waals surface area contributed by atoms with Gasteiger partial charge in [-0.1, -0.05) is 58.3 Å². The first-order chi connectivity index (χ1) is 31.3. The molecule has 0 aromatic carbocycles. The molecule has 0 spiro atoms. The fourth-order valence-electron chi connectivity index (χ4n) is 7.46. The van der Waals surface area contributed by atoms with Gasteiger partial charge in [-0.25, -0.2) is 4.79 Å². The van der Waals surface area contributed by atoms with Crippen molar-refractivity contribution < 1.29 is 114 Å². The summed E-state index contributed by atoms with van der Waals surface area (Å²) in [6.07, 6.45) is -9.42. The van der Waals surface area contributed by atoms with E-state index in [1.54, 1.807) is 0 Å². The molecule has 1 saturated carbocycles. The molecule has 3 fully saturated rings. The normalized spacial score (nSPS) is 28.9. The molecule has 3 rings (SSSR count). The number of fused-ring (bicyclic) bond motifs is 1. The van der Waals surface area contributed by atoms with E-state index in [9.17, 15) is 81.9 Å². The number of phosphoric acid groups is 4. The minimum atomic E-state index is -6.10. The Morgan fingerprint density at radius 3 is 1.84 bits per heavy atom. The molecular weight excluding hydrogens is 1000 g/mol. The number of aliphatic hydroxyl groups excluding tert-OH is 2. The third-order valence-electron chi connectivity index (χ3n) is 10.6. The molecule has 1 aliphatic carbocycles. The third kappa shape index (κ3) is 23.4. The van der Waals surface area contributed by atoms with Gasteiger partial charge in [0.05, 0.1) is 18.7 Å². The number of amides is 3. The summed E-state index contributed by atoms with van der Waals surface area (Å²) in [6, 6.07) is 0.154. The summed E-state index contributed by atoms with van der Waals surface area (Å²) in [7, 11) is -24.3. The molecule has 14 atom stereocenters. The lowest BCUT2D eigenvalue weighted by Crippen LogP contribution is -2.66. The summed E-state index contributed by atoms with van der Waals surface area (Å²) in [6.45, 7) is 0.596. The van der Waals surface area contributed by atoms with Crippen molar-refractivity contribution in [2.75, 3.05) is 25.5 Å². The molecule has 67 heavy (non-hydrogen) atoms. The van der Waals surface area contributed by atoms with Gasteiger partial charge in [0, 0.05) is 36.8 Å². The fraction of sp³-hybridized carbons (Fsp3) is 0.886. The molecule has 0 aromatic rings. The highest BCUT2D eigenvalue weighted by Crippen LogP contribution is 2.50. The van der Waals surface area contributed by atoms with Crippen LogP contribution in [0.5, 0.6) is 0 Å². The monoisotopic (exact) mass is 1060 g/mol. The summed E-state index contributed by atoms with van der Waals surface area (Å²) in [4.78, 5) is 124. The minimum Gasteiger partial charge on any atom is -0.756 e. The Labute approximate surface area is 391 Å². The number of carbonyl (C=O) groups is 4. The topological polar surface area (TPSA) is 431 Å². The Kier molecular flexibility index (Phi) is 25.3. The number of urea groups is 1. The number of phosphoric ester groups is 4. The molecule has 2 aliphatic heterocycles. The number of ether oxygens (including phenoxy) is 2. The molecule has 32 heteroatoms. The predicted octanol–water partition coefficient (Wildman–Crippen LogP) is -0.872. The lowest BCUT2D eigenvalue weighted by Gasteiger charge is -2.49. The van der Waals surface area contributed by atoms with Crippen LogP contribution < -0.4 is 35.5 Å². The lowest BCUT2D eigenvalue weighted by molar-refractivity contribution is -0.286. The van der Waals surface area contributed by atoms with Crippen molar-refractivity contribution >= 4 is 66.9 Å². The number of carbonyl (C=O) groups excluding carboxylic acids is 4. The van der Waals surface area contributed by atoms with Crippen molar-refractivity contribution in [3.05, 3.63) is 0 Å². The number of rotatable bonds is 33. The predicted molar refractivity (Wildman–Crippen MR) is 223 cm³/mol. The average molecular weight is 1060 g/mol. The van der Waals surface area contributed by atoms with Gasteiger partial charge >= 0.3 is 18.0 Å². The maximum absolute atomic E-state index is 13.0. The number of aliphatic hydroxyl groups is 2. The Morgan fingerprint density at radius 2 is 1.24 bits per heavy atom. The quantitative estimate of drug-likeness (QED) is 0.0171. The fourth-order valence-corrected chi connectivity index (χ4v) is 11.6. The highest BCUT2D eigenvalue weighted by Gasteiger charge is 2.56. The molecule has 27 nitrogen and oxygen atoms in total. The zero-order chi connectivity index (χ0) is 50.0. The second-order valence-corrected chi connectivity index (χ2v) is 22.2. The van der Waals surface area contributed by atoms with E-state index in [-0.39, 0.29) is 36.9 Å². The smallest absolute Gasteiger partial charge is 0.315 e. The van der Waals surface area contributed by atoms with Crippen molar-refractivity contribution in [2.24, 2.45) is 0 Å². The number of thioether (sulfide) groups is 1. The molecule has 3 amide bonds. The first-order valence-corrected chi connectivity index (χ1v) is 28.7. The highest BCUT2D eigenvalue weighted by molar-refractivity contribution is 8.00. The van der Waals surface area contributed by atoms with Crippen LogP contribution in [-0.2, 0) is 64.7 Å². The number of hydrogen-bond acceptors (Lipinski definition) is 22. The molecule has 0 bridgehead atoms. The zero-order valence-corrected chi connectivity index (χ0v) is 41.0. The number of hydrogen-bond donors (Lipinski definition) is 8. The van der Waals surface area contributed by atoms with E-state index in [4.69, 9.17) is 14.0 Å². The maximum atomic E-state index is 13.0. The Balaban J connectivity index is 1.48. The van der Waals surface area contributed by atoms with Crippen LogP contribution in [0, 0.1) is 0 Å². The van der Waals surface area contributed by atoms with Gasteiger partial charge in [0.15, 0.2) is 6.10 Å². The maximum Gasteiger partial charge on any atom is 0.315 e. The second kappa shape index (κ2) is 28.4. The Bertz CT molecular complexity index is 1750. The van der Waals surface area contributed by atoms with Gasteiger partial charge in [0.1, 0.15) is 43.2 Å². The van der Waals surface area contributed by atoms with Crippen molar-refractivity contribution in [3.8, 4) is 0 Å². The average Bonchev–Trinajstić information content (AvgIpc) is 3.77. The van der Waals surface area contributed by atoms with Crippen molar-refractivity contribution in [1.29, 1.82) is 0 Å². The summed E-state index contributed by atoms with van der Waals surface area (Å²) in [5.74, 6) is -0.755. The van der Waals surface area contributed by atoms with Gasteiger partial charge in [0.2, 0.25) is 5.91 Å². The van der Waals surface area contributed by atoms with Crippen LogP contribution >= 0.6 is 43.1 Å². The van der Waals surface area contributed by atoms with Gasteiger partial charge in [-0.15, -0.1) is 0 Å². The standard InChI is InChI=1S/C35H65N3O24P4S/c1-2-3-4-6-10-17-27(41)58-22(19-56-26(40)16-9-7-5-8-13-18-36-25(39)15-12-11-14-24-28-23(21-67-24)37-35(44)38-28)20-57-66(54,55)62-31-29(42)32(59-63(45,46)47)34(61-65(51,52)53)33(30(31)43)60-64(48,49)50/h22-24,28-34,42-43H,2-21H2,1H3,(H,36,39)(H,54,55)(H2,37,38,44)(H2,45,46,47)(H2,48,49,50)(H2,51,52,53)/p-4/t22-,23+,24+,28+,29+,30+,31?,32-,33+,34?/m1/s1. The van der Waals surface area contributed by atoms with E-state index in [1.165, 1.54) is 0 Å². The number of unbranched alkanes of at least 4 members (excludes halogenated alkanes) is 9. The Morgan fingerprint density at radius 1 is 0.701 bits per heavy atom. The molecule has 390 valence electrons. The van der Waals surface area contributed by atoms with E-state index < -0.39 is 99.2 Å². The van der Waals surface area contributed by atoms with Gasteiger partial charge in [-0.2, -0.15) is 11.8 Å². The molecule has 8 N–H and O–H groups in total. The van der Waals surface area contributed by atoms with Crippen LogP contribution in [-0.4, -0.2) is 134 Å². The molecule has 2 saturated heterocycles. The van der Waals surface area contributed by atoms with Crippen LogP contribution in [0.3, 0.4) is 0 Å². The van der Waals surface area contributed by atoms with E-state index in [0.717, 1.165) is 57.1 Å². The zero-order valence-electron chi connectivity index (χ0n) is 36.6. The van der Waals surface area contributed by atoms with Crippen LogP contribution in [0.15, 0.2) is 0 Å². The molecule has 6 unspecified atom stereocenters. The number of esters is 2. The number of nitrogens with one attached hydrogen (secondary N) is 3. The van der Waals surface area contributed by atoms with Crippen LogP contribution in [0.4, 0.5) is 4.79 Å². The van der Waals surface area contributed by atoms with Gasteiger partial charge < -0.3 is 92.5 Å². The summed E-state index contributed by atoms with van der Waals surface area (Å²) >= 11 is 1.83. The molecular formula is C35H61N3O24P4S-4. The van der Waals surface area contributed by atoms with E-state index >= 15 is 0 Å². The third-order valence-corrected chi connectivity index (χ3v) is 14.6. The van der Waals surface area contributed by atoms with E-state index in [0.29, 0.717) is 50.3 Å². The highest BCUT2D eigenvalue weighted by atomic mass is 32.2. The summed E-state index contributed by atoms with van der Waals surface area (Å²) in [5.41, 5.74) is 0. The Hall–Kier alpha value is -1.61. The van der Waals surface area contributed by atoms with Crippen LogP contribution in [0.1, 0.15) is 110 Å². The molecule has 3 aliphatic rings. The minimum absolute atomic E-state index is 0.0428. The van der Waals surface area contributed by atoms with Crippen molar-refractivity contribution in [1.82, 2.24) is 16.0 Å². The van der Waals surface area contributed by atoms with Gasteiger partial charge in [0.25, 0.3) is 31.3 Å². The molecule has 2 heterocycles. The summed E-state index contributed by atoms with van der Waals surface area (Å²) in [5, 5.41) is 30.6. The van der Waals surface area contributed by atoms with Gasteiger partial charge in [-0.05, 0) is 32.1 Å². The lowest BCUT2D eigenvalue weighted by atomic mass is 9.85. The second-order valence-electron chi connectivity index (χ2n) is 16.1. The van der Waals surface area contributed by atoms with Crippen molar-refractivity contribution in [3.63, 3.8) is 0 Å². The molecule has 0 aromatic heterocycles. The van der Waals surface area contributed by atoms with Crippen molar-refractivity contribution in [2.45, 2.75) is 170 Å². The molecule has 0 radical (unpaired) electrons. The first-order valence-electron chi connectivity index (χ1n) is 21.7. The van der Waals surface area contributed by atoms with Crippen LogP contribution in [0.2, 0.25) is 0 Å². The first kappa shape index (κ1) is 59.7. The SMILES string of the molecule is CCCCCCCC(=O)O[C@H](COC(=O)CCCCCCCNC(=O)CCCC[C@@H]1SC[C@@H]2NC(=O)N[C@@H]21)COP(=O)([O-])OC1[C@H](O)[C@H](OP(=O)([O-])O)C(OP(=O)([O-])O)[C@H](OP(=O)([O-])O)[C@H]1O.